The van der Waals surface area contributed by atoms with Gasteiger partial charge in [-0.05, 0) is 37.1 Å². The van der Waals surface area contributed by atoms with E-state index in [4.69, 9.17) is 4.52 Å². The summed E-state index contributed by atoms with van der Waals surface area (Å²) in [5.41, 5.74) is 0. The molecule has 1 N–H and O–H groups in total. The maximum atomic E-state index is 12.8. The van der Waals surface area contributed by atoms with E-state index in [-0.39, 0.29) is 18.4 Å². The summed E-state index contributed by atoms with van der Waals surface area (Å²) in [6, 6.07) is 5.32. The SMILES string of the molecule is Cc1cc(NC(=O)CN(CC2CCCCC2)C(=O)c2cccs2)no1. The molecule has 1 aliphatic rings. The molecular weight excluding hydrogens is 338 g/mol. The fourth-order valence-electron chi connectivity index (χ4n) is 3.24. The highest BCUT2D eigenvalue weighted by Crippen LogP contribution is 2.25. The Balaban J connectivity index is 1.66. The molecule has 0 aromatic carbocycles. The Morgan fingerprint density at radius 2 is 2.16 bits per heavy atom. The van der Waals surface area contributed by atoms with Gasteiger partial charge in [-0.3, -0.25) is 9.59 Å². The molecular formula is C18H23N3O3S. The van der Waals surface area contributed by atoms with Crippen LogP contribution >= 0.6 is 11.3 Å². The molecule has 3 rings (SSSR count). The Bertz CT molecular complexity index is 705. The van der Waals surface area contributed by atoms with Crippen molar-refractivity contribution >= 4 is 29.0 Å². The Kier molecular flexibility index (Phi) is 5.86. The van der Waals surface area contributed by atoms with Gasteiger partial charge in [0.05, 0.1) is 4.88 Å². The minimum Gasteiger partial charge on any atom is -0.360 e. The highest BCUT2D eigenvalue weighted by molar-refractivity contribution is 7.12. The Morgan fingerprint density at radius 1 is 1.36 bits per heavy atom. The second-order valence-electron chi connectivity index (χ2n) is 6.54. The maximum Gasteiger partial charge on any atom is 0.264 e. The predicted octanol–water partition coefficient (Wildman–Crippen LogP) is 3.71. The van der Waals surface area contributed by atoms with Crippen molar-refractivity contribution in [1.29, 1.82) is 0 Å². The molecule has 0 spiro atoms. The first kappa shape index (κ1) is 17.7. The molecule has 1 aliphatic carbocycles. The van der Waals surface area contributed by atoms with E-state index in [1.807, 2.05) is 11.4 Å². The van der Waals surface area contributed by atoms with Gasteiger partial charge in [-0.15, -0.1) is 11.3 Å². The molecule has 6 nitrogen and oxygen atoms in total. The van der Waals surface area contributed by atoms with Gasteiger partial charge >= 0.3 is 0 Å². The summed E-state index contributed by atoms with van der Waals surface area (Å²) < 4.78 is 4.95. The summed E-state index contributed by atoms with van der Waals surface area (Å²) in [7, 11) is 0. The number of aryl methyl sites for hydroxylation is 1. The first-order chi connectivity index (χ1) is 12.1. The monoisotopic (exact) mass is 361 g/mol. The summed E-state index contributed by atoms with van der Waals surface area (Å²) in [4.78, 5) is 27.5. The van der Waals surface area contributed by atoms with Gasteiger partial charge in [-0.25, -0.2) is 0 Å². The fourth-order valence-corrected chi connectivity index (χ4v) is 3.93. The molecule has 2 amide bonds. The zero-order chi connectivity index (χ0) is 17.6. The van der Waals surface area contributed by atoms with Crippen molar-refractivity contribution in [2.45, 2.75) is 39.0 Å². The minimum absolute atomic E-state index is 0.0269. The summed E-state index contributed by atoms with van der Waals surface area (Å²) in [6.45, 7) is 2.42. The second kappa shape index (κ2) is 8.29. The molecule has 0 atom stereocenters. The average molecular weight is 361 g/mol. The number of nitrogens with one attached hydrogen (secondary N) is 1. The summed E-state index contributed by atoms with van der Waals surface area (Å²) in [5.74, 6) is 1.15. The Labute approximate surface area is 151 Å². The predicted molar refractivity (Wildman–Crippen MR) is 96.7 cm³/mol. The third-order valence-electron chi connectivity index (χ3n) is 4.45. The van der Waals surface area contributed by atoms with Crippen molar-refractivity contribution in [2.75, 3.05) is 18.4 Å². The van der Waals surface area contributed by atoms with Crippen LogP contribution in [0.5, 0.6) is 0 Å². The van der Waals surface area contributed by atoms with E-state index in [2.05, 4.69) is 10.5 Å². The molecule has 2 aromatic heterocycles. The zero-order valence-corrected chi connectivity index (χ0v) is 15.2. The minimum atomic E-state index is -0.256. The number of rotatable bonds is 6. The number of carbonyl (C=O) groups excluding carboxylic acids is 2. The van der Waals surface area contributed by atoms with Gasteiger partial charge in [0, 0.05) is 12.6 Å². The van der Waals surface area contributed by atoms with E-state index in [1.165, 1.54) is 30.6 Å². The lowest BCUT2D eigenvalue weighted by atomic mass is 9.89. The first-order valence-corrected chi connectivity index (χ1v) is 9.56. The van der Waals surface area contributed by atoms with Crippen LogP contribution < -0.4 is 5.32 Å². The van der Waals surface area contributed by atoms with Crippen LogP contribution in [0, 0.1) is 12.8 Å². The lowest BCUT2D eigenvalue weighted by Crippen LogP contribution is -2.41. The van der Waals surface area contributed by atoms with Crippen molar-refractivity contribution < 1.29 is 14.1 Å². The molecule has 0 radical (unpaired) electrons. The van der Waals surface area contributed by atoms with Crippen molar-refractivity contribution in [2.24, 2.45) is 5.92 Å². The maximum absolute atomic E-state index is 12.8. The van der Waals surface area contributed by atoms with E-state index in [0.29, 0.717) is 28.9 Å². The van der Waals surface area contributed by atoms with Gasteiger partial charge in [0.25, 0.3) is 5.91 Å². The van der Waals surface area contributed by atoms with Crippen LogP contribution in [0.4, 0.5) is 5.82 Å². The van der Waals surface area contributed by atoms with Crippen LogP contribution in [0.3, 0.4) is 0 Å². The topological polar surface area (TPSA) is 75.4 Å². The van der Waals surface area contributed by atoms with Crippen molar-refractivity contribution in [3.63, 3.8) is 0 Å². The van der Waals surface area contributed by atoms with E-state index in [0.717, 1.165) is 12.8 Å². The number of amides is 2. The fraction of sp³-hybridized carbons (Fsp3) is 0.500. The van der Waals surface area contributed by atoms with Gasteiger partial charge in [-0.2, -0.15) is 0 Å². The highest BCUT2D eigenvalue weighted by Gasteiger charge is 2.24. The number of thiophene rings is 1. The van der Waals surface area contributed by atoms with E-state index < -0.39 is 0 Å². The Morgan fingerprint density at radius 3 is 2.80 bits per heavy atom. The molecule has 0 saturated heterocycles. The van der Waals surface area contributed by atoms with Crippen LogP contribution in [0.15, 0.2) is 28.1 Å². The third kappa shape index (κ3) is 4.92. The van der Waals surface area contributed by atoms with Crippen molar-refractivity contribution in [1.82, 2.24) is 10.1 Å². The molecule has 7 heteroatoms. The number of hydrogen-bond donors (Lipinski definition) is 1. The van der Waals surface area contributed by atoms with Crippen molar-refractivity contribution in [3.05, 3.63) is 34.2 Å². The van der Waals surface area contributed by atoms with Gasteiger partial charge < -0.3 is 14.7 Å². The number of anilines is 1. The van der Waals surface area contributed by atoms with Crippen LogP contribution in [0.2, 0.25) is 0 Å². The summed E-state index contributed by atoms with van der Waals surface area (Å²) in [6.07, 6.45) is 5.92. The van der Waals surface area contributed by atoms with Gasteiger partial charge in [0.1, 0.15) is 12.3 Å². The molecule has 2 aromatic rings. The standard InChI is InChI=1S/C18H23N3O3S/c1-13-10-16(20-24-13)19-17(22)12-21(11-14-6-3-2-4-7-14)18(23)15-8-5-9-25-15/h5,8-10,14H,2-4,6-7,11-12H2,1H3,(H,19,20,22). The van der Waals surface area contributed by atoms with E-state index in [9.17, 15) is 9.59 Å². The van der Waals surface area contributed by atoms with E-state index >= 15 is 0 Å². The normalized spacial score (nSPS) is 15.1. The number of aromatic nitrogens is 1. The van der Waals surface area contributed by atoms with Gasteiger partial charge in [-0.1, -0.05) is 30.5 Å². The molecule has 25 heavy (non-hydrogen) atoms. The lowest BCUT2D eigenvalue weighted by Gasteiger charge is -2.29. The third-order valence-corrected chi connectivity index (χ3v) is 5.31. The zero-order valence-electron chi connectivity index (χ0n) is 14.4. The quantitative estimate of drug-likeness (QED) is 0.851. The smallest absolute Gasteiger partial charge is 0.264 e. The molecule has 0 bridgehead atoms. The van der Waals surface area contributed by atoms with Crippen molar-refractivity contribution in [3.8, 4) is 0 Å². The van der Waals surface area contributed by atoms with Crippen LogP contribution in [0.25, 0.3) is 0 Å². The van der Waals surface area contributed by atoms with Gasteiger partial charge in [0.2, 0.25) is 5.91 Å². The molecule has 134 valence electrons. The number of nitrogens with zero attached hydrogens (tertiary/aromatic N) is 2. The number of carbonyl (C=O) groups is 2. The highest BCUT2D eigenvalue weighted by atomic mass is 32.1. The van der Waals surface area contributed by atoms with Gasteiger partial charge in [0.15, 0.2) is 5.82 Å². The first-order valence-electron chi connectivity index (χ1n) is 8.68. The molecule has 0 unspecified atom stereocenters. The summed E-state index contributed by atoms with van der Waals surface area (Å²) >= 11 is 1.41. The average Bonchev–Trinajstić information content (AvgIpc) is 3.26. The number of hydrogen-bond acceptors (Lipinski definition) is 5. The molecule has 2 heterocycles. The lowest BCUT2D eigenvalue weighted by molar-refractivity contribution is -0.117. The van der Waals surface area contributed by atoms with E-state index in [1.54, 1.807) is 24.0 Å². The van der Waals surface area contributed by atoms with Crippen LogP contribution in [0.1, 0.15) is 47.5 Å². The second-order valence-corrected chi connectivity index (χ2v) is 7.49. The Hall–Kier alpha value is -2.15. The molecule has 1 saturated carbocycles. The van der Waals surface area contributed by atoms with Crippen LogP contribution in [-0.4, -0.2) is 35.0 Å². The summed E-state index contributed by atoms with van der Waals surface area (Å²) in [5, 5.41) is 8.34. The largest absolute Gasteiger partial charge is 0.360 e. The van der Waals surface area contributed by atoms with Crippen LogP contribution in [-0.2, 0) is 4.79 Å². The molecule has 0 aliphatic heterocycles. The molecule has 1 fully saturated rings.